The number of amides is 5. The van der Waals surface area contributed by atoms with Crippen molar-refractivity contribution in [3.63, 3.8) is 0 Å². The first-order valence-corrected chi connectivity index (χ1v) is 12.9. The molecule has 5 amide bonds. The van der Waals surface area contributed by atoms with Crippen LogP contribution in [0.4, 0.5) is 26.3 Å². The van der Waals surface area contributed by atoms with Gasteiger partial charge in [-0.05, 0) is 18.3 Å². The lowest BCUT2D eigenvalue weighted by atomic mass is 9.85. The summed E-state index contributed by atoms with van der Waals surface area (Å²) in [4.78, 5) is 63.9. The van der Waals surface area contributed by atoms with Gasteiger partial charge in [-0.2, -0.15) is 13.2 Å². The van der Waals surface area contributed by atoms with E-state index in [1.165, 1.54) is 20.8 Å². The Balaban J connectivity index is 1.86. The van der Waals surface area contributed by atoms with Crippen molar-refractivity contribution in [2.45, 2.75) is 69.8 Å². The van der Waals surface area contributed by atoms with Gasteiger partial charge < -0.3 is 15.5 Å². The lowest BCUT2D eigenvalue weighted by Gasteiger charge is -2.36. The number of nitrogens with zero attached hydrogens (tertiary/aromatic N) is 2. The van der Waals surface area contributed by atoms with Gasteiger partial charge in [0.2, 0.25) is 17.7 Å². The lowest BCUT2D eigenvalue weighted by molar-refractivity contribution is -0.171. The van der Waals surface area contributed by atoms with Crippen LogP contribution in [0, 0.1) is 23.2 Å². The molecular formula is C23H30ClF6N5O5. The van der Waals surface area contributed by atoms with Crippen LogP contribution in [-0.2, 0) is 24.0 Å². The number of hydrazine groups is 1. The molecule has 1 aliphatic carbocycles. The first kappa shape index (κ1) is 31.7. The fourth-order valence-corrected chi connectivity index (χ4v) is 4.79. The predicted octanol–water partition coefficient (Wildman–Crippen LogP) is 1.48. The highest BCUT2D eigenvalue weighted by molar-refractivity contribution is 6.29. The van der Waals surface area contributed by atoms with E-state index in [0.29, 0.717) is 9.91 Å². The predicted molar refractivity (Wildman–Crippen MR) is 126 cm³/mol. The van der Waals surface area contributed by atoms with E-state index in [-0.39, 0.29) is 13.0 Å². The summed E-state index contributed by atoms with van der Waals surface area (Å²) >= 11 is 5.22. The third kappa shape index (κ3) is 7.10. The van der Waals surface area contributed by atoms with Gasteiger partial charge in [-0.15, -0.1) is 0 Å². The zero-order valence-corrected chi connectivity index (χ0v) is 22.5. The Hall–Kier alpha value is -2.78. The topological polar surface area (TPSA) is 128 Å². The summed E-state index contributed by atoms with van der Waals surface area (Å²) in [5.74, 6) is -13.6. The van der Waals surface area contributed by atoms with E-state index >= 15 is 0 Å². The zero-order chi connectivity index (χ0) is 30.4. The highest BCUT2D eigenvalue weighted by Crippen LogP contribution is 2.49. The second kappa shape index (κ2) is 11.2. The minimum Gasteiger partial charge on any atom is -0.356 e. The number of nitrogens with one attached hydrogen (secondary N) is 3. The quantitative estimate of drug-likeness (QED) is 0.230. The second-order valence-electron chi connectivity index (χ2n) is 11.3. The van der Waals surface area contributed by atoms with Crippen LogP contribution in [0.25, 0.3) is 0 Å². The van der Waals surface area contributed by atoms with Crippen LogP contribution in [0.1, 0.15) is 40.0 Å². The maximum absolute atomic E-state index is 13.7. The van der Waals surface area contributed by atoms with E-state index in [4.69, 9.17) is 11.6 Å². The molecule has 17 heteroatoms. The first-order valence-electron chi connectivity index (χ1n) is 12.5. The van der Waals surface area contributed by atoms with Gasteiger partial charge in [-0.25, -0.2) is 18.2 Å². The van der Waals surface area contributed by atoms with Crippen molar-refractivity contribution in [3.05, 3.63) is 0 Å². The van der Waals surface area contributed by atoms with E-state index < -0.39 is 108 Å². The van der Waals surface area contributed by atoms with Gasteiger partial charge in [0.05, 0.1) is 18.4 Å². The summed E-state index contributed by atoms with van der Waals surface area (Å²) in [6.07, 6.45) is -6.30. The highest BCUT2D eigenvalue weighted by Gasteiger charge is 2.62. The van der Waals surface area contributed by atoms with Crippen LogP contribution >= 0.6 is 11.6 Å². The third-order valence-electron chi connectivity index (χ3n) is 7.16. The number of carbonyl (C=O) groups excluding carboxylic acids is 5. The molecule has 3 fully saturated rings. The van der Waals surface area contributed by atoms with Gasteiger partial charge >= 0.3 is 6.18 Å². The van der Waals surface area contributed by atoms with Crippen LogP contribution < -0.4 is 16.1 Å². The molecule has 10 nitrogen and oxygen atoms in total. The molecule has 1 saturated carbocycles. The monoisotopic (exact) mass is 605 g/mol. The van der Waals surface area contributed by atoms with E-state index in [2.05, 4.69) is 10.6 Å². The Morgan fingerprint density at radius 2 is 1.77 bits per heavy atom. The van der Waals surface area contributed by atoms with Gasteiger partial charge in [-0.1, -0.05) is 32.4 Å². The molecule has 3 rings (SSSR count). The molecule has 40 heavy (non-hydrogen) atoms. The largest absolute Gasteiger partial charge is 0.393 e. The molecule has 2 unspecified atom stereocenters. The average Bonchev–Trinajstić information content (AvgIpc) is 3.15. The Morgan fingerprint density at radius 1 is 1.18 bits per heavy atom. The number of carbonyl (C=O) groups is 5. The van der Waals surface area contributed by atoms with Gasteiger partial charge in [0, 0.05) is 19.5 Å². The Bertz CT molecular complexity index is 1050. The second-order valence-corrected chi connectivity index (χ2v) is 11.7. The molecule has 2 aliphatic heterocycles. The Labute approximate surface area is 230 Å². The molecule has 0 bridgehead atoms. The van der Waals surface area contributed by atoms with Crippen molar-refractivity contribution >= 4 is 41.1 Å². The van der Waals surface area contributed by atoms with Crippen molar-refractivity contribution in [3.8, 4) is 0 Å². The molecule has 0 radical (unpaired) electrons. The van der Waals surface area contributed by atoms with E-state index in [0.717, 1.165) is 0 Å². The molecular weight excluding hydrogens is 576 g/mol. The Kier molecular flexibility index (Phi) is 8.92. The summed E-state index contributed by atoms with van der Waals surface area (Å²) in [6, 6.07) is -3.43. The first-order chi connectivity index (χ1) is 18.2. The van der Waals surface area contributed by atoms with Crippen molar-refractivity contribution in [1.29, 1.82) is 0 Å². The Morgan fingerprint density at radius 3 is 2.23 bits per heavy atom. The molecule has 0 aromatic heterocycles. The fraction of sp³-hybridized carbons (Fsp3) is 0.783. The summed E-state index contributed by atoms with van der Waals surface area (Å²) < 4.78 is 81.6. The van der Waals surface area contributed by atoms with Gasteiger partial charge in [0.25, 0.3) is 23.4 Å². The molecule has 2 saturated heterocycles. The molecule has 0 spiro atoms. The van der Waals surface area contributed by atoms with Gasteiger partial charge in [-0.3, -0.25) is 29.4 Å². The van der Waals surface area contributed by atoms with E-state index in [9.17, 15) is 50.3 Å². The van der Waals surface area contributed by atoms with Crippen molar-refractivity contribution in [2.75, 3.05) is 19.6 Å². The van der Waals surface area contributed by atoms with Crippen LogP contribution in [0.2, 0.25) is 0 Å². The number of alkyl halides is 7. The van der Waals surface area contributed by atoms with E-state index in [1.54, 1.807) is 0 Å². The lowest BCUT2D eigenvalue weighted by Crippen LogP contribution is -2.60. The summed E-state index contributed by atoms with van der Waals surface area (Å²) in [7, 11) is 0. The number of likely N-dealkylation sites (tertiary alicyclic amines) is 1. The number of hydrogen-bond donors (Lipinski definition) is 3. The normalized spacial score (nSPS) is 27.4. The number of rotatable bonds is 7. The minimum absolute atomic E-state index is 0.217. The minimum atomic E-state index is -4.85. The summed E-state index contributed by atoms with van der Waals surface area (Å²) in [5.41, 5.74) is -1.84. The van der Waals surface area contributed by atoms with Crippen LogP contribution in [0.3, 0.4) is 0 Å². The smallest absolute Gasteiger partial charge is 0.356 e. The SMILES string of the molecule is CC(C)(C)C(NC(=O)[C@@H]1CC1(F)F)C(=O)N1C[C@H](C(F)(F)F)C[C@H]1C(=O)NN(C[C@@H]1CCNC1=O)C(=O)C(F)Cl. The van der Waals surface area contributed by atoms with Crippen molar-refractivity contribution < 1.29 is 50.3 Å². The standard InChI is InChI=1S/C23H30ClF6N5O5/c1-21(2,3)14(32-17(37)12-7-22(12,26)27)19(39)34-9-11(23(28,29)30)6-13(34)18(38)33-35(20(40)15(24)25)8-10-4-5-31-16(10)36/h10-15H,4-9H2,1-3H3,(H,31,36)(H,32,37)(H,33,38)/t10-,11+,12-,13-,14?,15?/m0/s1. The van der Waals surface area contributed by atoms with Crippen molar-refractivity contribution in [1.82, 2.24) is 26.0 Å². The molecule has 3 aliphatic rings. The van der Waals surface area contributed by atoms with Gasteiger partial charge in [0.1, 0.15) is 18.0 Å². The number of halogens is 7. The zero-order valence-electron chi connectivity index (χ0n) is 21.8. The maximum Gasteiger partial charge on any atom is 0.393 e. The molecule has 3 N–H and O–H groups in total. The fourth-order valence-electron chi connectivity index (χ4n) is 4.68. The molecule has 0 aromatic rings. The highest BCUT2D eigenvalue weighted by atomic mass is 35.5. The average molecular weight is 606 g/mol. The van der Waals surface area contributed by atoms with Crippen molar-refractivity contribution in [2.24, 2.45) is 23.2 Å². The van der Waals surface area contributed by atoms with Crippen LogP contribution in [0.15, 0.2) is 0 Å². The molecule has 226 valence electrons. The van der Waals surface area contributed by atoms with Crippen LogP contribution in [-0.4, -0.2) is 88.9 Å². The maximum atomic E-state index is 13.7. The molecule has 6 atom stereocenters. The van der Waals surface area contributed by atoms with Crippen LogP contribution in [0.5, 0.6) is 0 Å². The number of hydrogen-bond acceptors (Lipinski definition) is 5. The molecule has 0 aromatic carbocycles. The summed E-state index contributed by atoms with van der Waals surface area (Å²) in [6.45, 7) is 3.04. The summed E-state index contributed by atoms with van der Waals surface area (Å²) in [5, 5.41) is 5.06. The third-order valence-corrected chi connectivity index (χ3v) is 7.34. The van der Waals surface area contributed by atoms with E-state index in [1.807, 2.05) is 5.43 Å². The molecule has 2 heterocycles. The van der Waals surface area contributed by atoms with Gasteiger partial charge in [0.15, 0.2) is 0 Å².